The fourth-order valence-electron chi connectivity index (χ4n) is 5.09. The maximum Gasteiger partial charge on any atom is 0.310 e. The predicted molar refractivity (Wildman–Crippen MR) is 75.6 cm³/mol. The second-order valence-electron chi connectivity index (χ2n) is 6.79. The van der Waals surface area contributed by atoms with E-state index in [4.69, 9.17) is 4.74 Å². The average Bonchev–Trinajstić information content (AvgIpc) is 3.19. The lowest BCUT2D eigenvalue weighted by Crippen LogP contribution is -2.42. The fourth-order valence-corrected chi connectivity index (χ4v) is 5.09. The van der Waals surface area contributed by atoms with Gasteiger partial charge in [-0.3, -0.25) is 9.59 Å². The third-order valence-corrected chi connectivity index (χ3v) is 5.92. The number of para-hydroxylation sites is 1. The van der Waals surface area contributed by atoms with Crippen molar-refractivity contribution < 1.29 is 14.3 Å². The molecule has 2 bridgehead atoms. The molecule has 2 heterocycles. The number of anilines is 1. The summed E-state index contributed by atoms with van der Waals surface area (Å²) in [5.41, 5.74) is 2.27. The zero-order chi connectivity index (χ0) is 14.1. The normalized spacial score (nSPS) is 38.8. The van der Waals surface area contributed by atoms with Gasteiger partial charge in [-0.05, 0) is 36.8 Å². The Morgan fingerprint density at radius 1 is 1.24 bits per heavy atom. The van der Waals surface area contributed by atoms with Gasteiger partial charge in [-0.2, -0.15) is 0 Å². The summed E-state index contributed by atoms with van der Waals surface area (Å²) in [6, 6.07) is 8.10. The molecule has 0 aromatic heterocycles. The van der Waals surface area contributed by atoms with Gasteiger partial charge in [0.05, 0.1) is 11.8 Å². The molecule has 1 aromatic carbocycles. The van der Waals surface area contributed by atoms with Crippen LogP contribution in [0.3, 0.4) is 0 Å². The molecule has 0 radical (unpaired) electrons. The summed E-state index contributed by atoms with van der Waals surface area (Å²) in [6.07, 6.45) is 2.90. The van der Waals surface area contributed by atoms with Crippen molar-refractivity contribution in [2.24, 2.45) is 23.7 Å². The number of carbonyl (C=O) groups excluding carboxylic acids is 2. The molecule has 1 saturated heterocycles. The molecular formula is C17H17NO3. The quantitative estimate of drug-likeness (QED) is 0.738. The standard InChI is InChI=1S/C17H17NO3/c19-16(18-6-5-9-3-1-2-4-12(9)18)14-10-7-11-13(8-10)21-17(20)15(11)14/h1-4,10-11,13-15H,5-8H2/t10-,11-,13-,14+,15+/m1/s1. The molecule has 108 valence electrons. The first-order chi connectivity index (χ1) is 10.2. The predicted octanol–water partition coefficient (Wildman–Crippen LogP) is 1.77. The number of benzene rings is 1. The van der Waals surface area contributed by atoms with Crippen LogP contribution in [-0.4, -0.2) is 24.5 Å². The van der Waals surface area contributed by atoms with Gasteiger partial charge in [0.25, 0.3) is 0 Å². The topological polar surface area (TPSA) is 46.6 Å². The Hall–Kier alpha value is -1.84. The lowest BCUT2D eigenvalue weighted by Gasteiger charge is -2.28. The SMILES string of the molecule is O=C1O[C@@H]2C[C@H]3C[C@H]2[C@H]1[C@H]3C(=O)N1CCc2ccccc21. The van der Waals surface area contributed by atoms with E-state index < -0.39 is 0 Å². The summed E-state index contributed by atoms with van der Waals surface area (Å²) in [5, 5.41) is 0. The largest absolute Gasteiger partial charge is 0.462 e. The van der Waals surface area contributed by atoms with Gasteiger partial charge in [0.2, 0.25) is 5.91 Å². The van der Waals surface area contributed by atoms with Crippen LogP contribution in [0.25, 0.3) is 0 Å². The van der Waals surface area contributed by atoms with Crippen molar-refractivity contribution in [3.8, 4) is 0 Å². The van der Waals surface area contributed by atoms with E-state index >= 15 is 0 Å². The monoisotopic (exact) mass is 283 g/mol. The van der Waals surface area contributed by atoms with E-state index in [1.165, 1.54) is 5.56 Å². The van der Waals surface area contributed by atoms with Gasteiger partial charge >= 0.3 is 5.97 Å². The lowest BCUT2D eigenvalue weighted by atomic mass is 9.79. The minimum absolute atomic E-state index is 0.0995. The molecule has 0 spiro atoms. The third kappa shape index (κ3) is 1.40. The number of hydrogen-bond acceptors (Lipinski definition) is 3. The van der Waals surface area contributed by atoms with Crippen molar-refractivity contribution >= 4 is 17.6 Å². The van der Waals surface area contributed by atoms with Crippen LogP contribution < -0.4 is 4.90 Å². The fraction of sp³-hybridized carbons (Fsp3) is 0.529. The van der Waals surface area contributed by atoms with Crippen LogP contribution in [0.2, 0.25) is 0 Å². The summed E-state index contributed by atoms with van der Waals surface area (Å²) in [5.74, 6) is 0.345. The highest BCUT2D eigenvalue weighted by Crippen LogP contribution is 2.58. The van der Waals surface area contributed by atoms with Gasteiger partial charge in [0, 0.05) is 18.2 Å². The minimum Gasteiger partial charge on any atom is -0.462 e. The smallest absolute Gasteiger partial charge is 0.310 e. The van der Waals surface area contributed by atoms with E-state index in [1.807, 2.05) is 23.1 Å². The molecular weight excluding hydrogens is 266 g/mol. The Bertz CT molecular complexity index is 653. The number of nitrogens with zero attached hydrogens (tertiary/aromatic N) is 1. The van der Waals surface area contributed by atoms with Crippen molar-refractivity contribution in [1.82, 2.24) is 0 Å². The first kappa shape index (κ1) is 11.8. The van der Waals surface area contributed by atoms with Gasteiger partial charge in [0.1, 0.15) is 6.10 Å². The highest BCUT2D eigenvalue weighted by molar-refractivity contribution is 6.00. The first-order valence-electron chi connectivity index (χ1n) is 7.84. The molecule has 2 aliphatic carbocycles. The summed E-state index contributed by atoms with van der Waals surface area (Å²) in [4.78, 5) is 27.0. The van der Waals surface area contributed by atoms with Crippen LogP contribution in [0.15, 0.2) is 24.3 Å². The van der Waals surface area contributed by atoms with Gasteiger partial charge in [-0.15, -0.1) is 0 Å². The van der Waals surface area contributed by atoms with Crippen molar-refractivity contribution in [1.29, 1.82) is 0 Å². The number of amides is 1. The van der Waals surface area contributed by atoms with E-state index in [9.17, 15) is 9.59 Å². The van der Waals surface area contributed by atoms with E-state index in [0.717, 1.165) is 31.5 Å². The van der Waals surface area contributed by atoms with E-state index in [1.54, 1.807) is 0 Å². The molecule has 4 nitrogen and oxygen atoms in total. The summed E-state index contributed by atoms with van der Waals surface area (Å²) < 4.78 is 5.44. The van der Waals surface area contributed by atoms with Crippen molar-refractivity contribution in [3.05, 3.63) is 29.8 Å². The molecule has 0 N–H and O–H groups in total. The van der Waals surface area contributed by atoms with E-state index in [-0.39, 0.29) is 29.8 Å². The van der Waals surface area contributed by atoms with Crippen LogP contribution in [0, 0.1) is 23.7 Å². The van der Waals surface area contributed by atoms with E-state index in [0.29, 0.717) is 11.8 Å². The molecule has 21 heavy (non-hydrogen) atoms. The zero-order valence-corrected chi connectivity index (χ0v) is 11.7. The van der Waals surface area contributed by atoms with Gasteiger partial charge < -0.3 is 9.64 Å². The molecule has 1 aromatic rings. The van der Waals surface area contributed by atoms with Gasteiger partial charge in [-0.1, -0.05) is 18.2 Å². The average molecular weight is 283 g/mol. The Kier molecular flexibility index (Phi) is 2.17. The van der Waals surface area contributed by atoms with Crippen LogP contribution in [-0.2, 0) is 20.7 Å². The van der Waals surface area contributed by atoms with Crippen LogP contribution in [0.4, 0.5) is 5.69 Å². The van der Waals surface area contributed by atoms with E-state index in [2.05, 4.69) is 6.07 Å². The number of esters is 1. The molecule has 1 amide bonds. The number of hydrogen-bond donors (Lipinski definition) is 0. The molecule has 4 heteroatoms. The van der Waals surface area contributed by atoms with Gasteiger partial charge in [-0.25, -0.2) is 0 Å². The van der Waals surface area contributed by atoms with Crippen LogP contribution >= 0.6 is 0 Å². The highest BCUT2D eigenvalue weighted by Gasteiger charge is 2.64. The van der Waals surface area contributed by atoms with Crippen molar-refractivity contribution in [3.63, 3.8) is 0 Å². The van der Waals surface area contributed by atoms with Crippen LogP contribution in [0.5, 0.6) is 0 Å². The summed E-state index contributed by atoms with van der Waals surface area (Å²) >= 11 is 0. The molecule has 2 saturated carbocycles. The highest BCUT2D eigenvalue weighted by atomic mass is 16.6. The molecule has 0 unspecified atom stereocenters. The molecule has 3 fully saturated rings. The van der Waals surface area contributed by atoms with Crippen LogP contribution in [0.1, 0.15) is 18.4 Å². The minimum atomic E-state index is -0.172. The maximum atomic E-state index is 13.1. The number of rotatable bonds is 1. The second-order valence-corrected chi connectivity index (χ2v) is 6.79. The van der Waals surface area contributed by atoms with Crippen molar-refractivity contribution in [2.75, 3.05) is 11.4 Å². The Morgan fingerprint density at radius 2 is 2.10 bits per heavy atom. The Balaban J connectivity index is 1.49. The zero-order valence-electron chi connectivity index (χ0n) is 11.7. The number of carbonyl (C=O) groups is 2. The maximum absolute atomic E-state index is 13.1. The summed E-state index contributed by atoms with van der Waals surface area (Å²) in [7, 11) is 0. The number of fused-ring (bicyclic) bond motifs is 2. The van der Waals surface area contributed by atoms with Gasteiger partial charge in [0.15, 0.2) is 0 Å². The second kappa shape index (κ2) is 3.87. The Morgan fingerprint density at radius 3 is 3.00 bits per heavy atom. The molecule has 5 rings (SSSR count). The molecule has 4 aliphatic rings. The number of ether oxygens (including phenoxy) is 1. The molecule has 5 atom stereocenters. The lowest BCUT2D eigenvalue weighted by molar-refractivity contribution is -0.145. The van der Waals surface area contributed by atoms with Crippen molar-refractivity contribution in [2.45, 2.75) is 25.4 Å². The summed E-state index contributed by atoms with van der Waals surface area (Å²) in [6.45, 7) is 0.747. The third-order valence-electron chi connectivity index (χ3n) is 5.92. The Labute approximate surface area is 123 Å². The first-order valence-corrected chi connectivity index (χ1v) is 7.84. The molecule has 2 aliphatic heterocycles.